The largest absolute Gasteiger partial charge is 0.476 e. The van der Waals surface area contributed by atoms with Crippen molar-refractivity contribution in [1.82, 2.24) is 0 Å². The van der Waals surface area contributed by atoms with E-state index in [0.717, 1.165) is 6.42 Å². The van der Waals surface area contributed by atoms with Gasteiger partial charge in [-0.15, -0.1) is 0 Å². The predicted octanol–water partition coefficient (Wildman–Crippen LogP) is 1.52. The van der Waals surface area contributed by atoms with Gasteiger partial charge in [0, 0.05) is 0 Å². The van der Waals surface area contributed by atoms with E-state index >= 15 is 0 Å². The van der Waals surface area contributed by atoms with Gasteiger partial charge in [0.05, 0.1) is 0 Å². The van der Waals surface area contributed by atoms with Gasteiger partial charge in [-0.2, -0.15) is 0 Å². The summed E-state index contributed by atoms with van der Waals surface area (Å²) in [5.74, 6) is -1.43. The number of carbonyl (C=O) groups excluding carboxylic acids is 1. The molecule has 0 aliphatic carbocycles. The first-order chi connectivity index (χ1) is 6.20. The molecule has 0 fully saturated rings. The van der Waals surface area contributed by atoms with E-state index in [1.165, 1.54) is 5.56 Å². The summed E-state index contributed by atoms with van der Waals surface area (Å²) in [6.45, 7) is 2.16. The highest BCUT2D eigenvalue weighted by Crippen LogP contribution is 1.96. The Hall–Kier alpha value is -1.64. The van der Waals surface area contributed by atoms with Crippen LogP contribution in [0.5, 0.6) is 0 Å². The van der Waals surface area contributed by atoms with Gasteiger partial charge in [0.1, 0.15) is 0 Å². The number of benzene rings is 1. The molecule has 0 spiro atoms. The van der Waals surface area contributed by atoms with E-state index in [2.05, 4.69) is 31.2 Å². The predicted molar refractivity (Wildman–Crippen MR) is 49.5 cm³/mol. The number of carboxylic acids is 1. The number of hydrogen-bond donors (Lipinski definition) is 1. The van der Waals surface area contributed by atoms with Crippen molar-refractivity contribution in [2.75, 3.05) is 0 Å². The van der Waals surface area contributed by atoms with Crippen LogP contribution in [0.4, 0.5) is 0 Å². The number of carbonyl (C=O) groups is 2. The highest BCUT2D eigenvalue weighted by atomic mass is 16.4. The summed E-state index contributed by atoms with van der Waals surface area (Å²) in [6, 6.07) is 10.5. The van der Waals surface area contributed by atoms with Crippen molar-refractivity contribution in [3.8, 4) is 0 Å². The molecule has 3 nitrogen and oxygen atoms in total. The van der Waals surface area contributed by atoms with E-state index in [4.69, 9.17) is 14.7 Å². The molecule has 0 aliphatic heterocycles. The molecule has 70 valence electrons. The Kier molecular flexibility index (Phi) is 6.15. The van der Waals surface area contributed by atoms with Gasteiger partial charge in [0.15, 0.2) is 0 Å². The smallest absolute Gasteiger partial charge is 0.368 e. The molecule has 0 aliphatic rings. The zero-order chi connectivity index (χ0) is 10.1. The molecule has 1 rings (SSSR count). The Morgan fingerprint density at radius 3 is 2.08 bits per heavy atom. The number of carboxylic acid groups (broad SMARTS) is 1. The first kappa shape index (κ1) is 11.4. The third-order valence-electron chi connectivity index (χ3n) is 1.35. The maximum atomic E-state index is 9.00. The van der Waals surface area contributed by atoms with Crippen LogP contribution in [0, 0.1) is 0 Å². The fourth-order valence-electron chi connectivity index (χ4n) is 0.714. The van der Waals surface area contributed by atoms with Gasteiger partial charge in [-0.05, 0) is 12.0 Å². The Balaban J connectivity index is 0.000000252. The summed E-state index contributed by atoms with van der Waals surface area (Å²) in [4.78, 5) is 17.9. The SMILES string of the molecule is CCc1ccccc1.O=CC(=O)O. The van der Waals surface area contributed by atoms with Crippen LogP contribution in [-0.4, -0.2) is 17.4 Å². The normalized spacial score (nSPS) is 8.08. The lowest BCUT2D eigenvalue weighted by molar-refractivity contribution is -0.143. The molecular formula is C10H12O3. The second kappa shape index (κ2) is 7.03. The van der Waals surface area contributed by atoms with Gasteiger partial charge < -0.3 is 5.11 Å². The molecule has 0 heterocycles. The lowest BCUT2D eigenvalue weighted by Crippen LogP contribution is -1.91. The minimum atomic E-state index is -1.43. The van der Waals surface area contributed by atoms with Gasteiger partial charge in [-0.3, -0.25) is 4.79 Å². The molecule has 1 aromatic rings. The number of aldehydes is 1. The number of aryl methyl sites for hydroxylation is 1. The lowest BCUT2D eigenvalue weighted by Gasteiger charge is -1.89. The summed E-state index contributed by atoms with van der Waals surface area (Å²) >= 11 is 0. The van der Waals surface area contributed by atoms with Gasteiger partial charge in [0.2, 0.25) is 6.29 Å². The van der Waals surface area contributed by atoms with Crippen LogP contribution in [0.2, 0.25) is 0 Å². The first-order valence-corrected chi connectivity index (χ1v) is 3.92. The minimum absolute atomic E-state index is 0.167. The Labute approximate surface area is 77.0 Å². The van der Waals surface area contributed by atoms with E-state index in [1.807, 2.05) is 6.07 Å². The maximum absolute atomic E-state index is 9.00. The van der Waals surface area contributed by atoms with E-state index in [9.17, 15) is 0 Å². The van der Waals surface area contributed by atoms with E-state index < -0.39 is 5.97 Å². The van der Waals surface area contributed by atoms with Crippen molar-refractivity contribution in [2.24, 2.45) is 0 Å². The fraction of sp³-hybridized carbons (Fsp3) is 0.200. The lowest BCUT2D eigenvalue weighted by atomic mass is 10.2. The van der Waals surface area contributed by atoms with Crippen LogP contribution in [0.15, 0.2) is 30.3 Å². The van der Waals surface area contributed by atoms with Crippen LogP contribution >= 0.6 is 0 Å². The minimum Gasteiger partial charge on any atom is -0.476 e. The molecule has 0 saturated carbocycles. The molecule has 0 bridgehead atoms. The molecule has 0 radical (unpaired) electrons. The van der Waals surface area contributed by atoms with Crippen molar-refractivity contribution in [1.29, 1.82) is 0 Å². The number of aliphatic carboxylic acids is 1. The highest BCUT2D eigenvalue weighted by Gasteiger charge is 1.81. The molecule has 0 unspecified atom stereocenters. The van der Waals surface area contributed by atoms with Crippen LogP contribution in [0.3, 0.4) is 0 Å². The highest BCUT2D eigenvalue weighted by molar-refractivity contribution is 6.19. The van der Waals surface area contributed by atoms with Crippen molar-refractivity contribution in [3.05, 3.63) is 35.9 Å². The van der Waals surface area contributed by atoms with Crippen LogP contribution in [-0.2, 0) is 16.0 Å². The Morgan fingerprint density at radius 2 is 1.85 bits per heavy atom. The average Bonchev–Trinajstić information content (AvgIpc) is 2.20. The summed E-state index contributed by atoms with van der Waals surface area (Å²) in [5, 5.41) is 7.35. The fourth-order valence-corrected chi connectivity index (χ4v) is 0.714. The molecule has 1 aromatic carbocycles. The molecule has 0 aromatic heterocycles. The summed E-state index contributed by atoms with van der Waals surface area (Å²) < 4.78 is 0. The van der Waals surface area contributed by atoms with Crippen LogP contribution in [0.25, 0.3) is 0 Å². The summed E-state index contributed by atoms with van der Waals surface area (Å²) in [5.41, 5.74) is 1.41. The zero-order valence-electron chi connectivity index (χ0n) is 7.43. The molecule has 0 amide bonds. The molecule has 13 heavy (non-hydrogen) atoms. The summed E-state index contributed by atoms with van der Waals surface area (Å²) in [7, 11) is 0. The summed E-state index contributed by atoms with van der Waals surface area (Å²) in [6.07, 6.45) is 0.973. The number of rotatable bonds is 2. The second-order valence-electron chi connectivity index (χ2n) is 2.30. The van der Waals surface area contributed by atoms with Crippen LogP contribution in [0.1, 0.15) is 12.5 Å². The molecule has 0 atom stereocenters. The average molecular weight is 180 g/mol. The van der Waals surface area contributed by atoms with Crippen LogP contribution < -0.4 is 0 Å². The monoisotopic (exact) mass is 180 g/mol. The topological polar surface area (TPSA) is 54.4 Å². The van der Waals surface area contributed by atoms with Gasteiger partial charge in [-0.1, -0.05) is 37.3 Å². The van der Waals surface area contributed by atoms with Gasteiger partial charge >= 0.3 is 5.97 Å². The van der Waals surface area contributed by atoms with Crippen molar-refractivity contribution < 1.29 is 14.7 Å². The van der Waals surface area contributed by atoms with E-state index in [0.29, 0.717) is 0 Å². The molecule has 1 N–H and O–H groups in total. The molecule has 0 saturated heterocycles. The van der Waals surface area contributed by atoms with Crippen molar-refractivity contribution in [2.45, 2.75) is 13.3 Å². The second-order valence-corrected chi connectivity index (χ2v) is 2.30. The third kappa shape index (κ3) is 6.75. The third-order valence-corrected chi connectivity index (χ3v) is 1.35. The quantitative estimate of drug-likeness (QED) is 0.554. The van der Waals surface area contributed by atoms with Crippen molar-refractivity contribution in [3.63, 3.8) is 0 Å². The Bertz CT molecular complexity index is 254. The zero-order valence-corrected chi connectivity index (χ0v) is 7.43. The maximum Gasteiger partial charge on any atom is 0.368 e. The number of hydrogen-bond acceptors (Lipinski definition) is 2. The standard InChI is InChI=1S/C8H10.C2H2O3/c1-2-8-6-4-3-5-7-8;3-1-2(4)5/h3-7H,2H2,1H3;1H,(H,4,5). The first-order valence-electron chi connectivity index (χ1n) is 3.92. The van der Waals surface area contributed by atoms with E-state index in [1.54, 1.807) is 0 Å². The Morgan fingerprint density at radius 1 is 1.38 bits per heavy atom. The molecule has 3 heteroatoms. The molecular weight excluding hydrogens is 168 g/mol. The van der Waals surface area contributed by atoms with Crippen molar-refractivity contribution >= 4 is 12.3 Å². The van der Waals surface area contributed by atoms with Gasteiger partial charge in [-0.25, -0.2) is 4.79 Å². The van der Waals surface area contributed by atoms with E-state index in [-0.39, 0.29) is 6.29 Å². The van der Waals surface area contributed by atoms with Gasteiger partial charge in [0.25, 0.3) is 0 Å².